The number of hydrogen-bond donors (Lipinski definition) is 2. The lowest BCUT2D eigenvalue weighted by molar-refractivity contribution is 0.262. The minimum Gasteiger partial charge on any atom is -0.308 e. The lowest BCUT2D eigenvalue weighted by Crippen LogP contribution is -2.19. The topological polar surface area (TPSA) is 92.7 Å². The molecule has 5 rings (SSSR count). The largest absolute Gasteiger partial charge is 0.323 e. The van der Waals surface area contributed by atoms with E-state index in [4.69, 9.17) is 9.97 Å². The summed E-state index contributed by atoms with van der Waals surface area (Å²) in [6, 6.07) is 23.7. The van der Waals surface area contributed by atoms with Gasteiger partial charge in [-0.2, -0.15) is 0 Å². The Balaban J connectivity index is 1.50. The number of carbonyl (C=O) groups is 1. The number of pyridine rings is 2. The Kier molecular flexibility index (Phi) is 5.73. The molecule has 0 saturated heterocycles. The van der Waals surface area contributed by atoms with Gasteiger partial charge in [0.1, 0.15) is 11.4 Å². The van der Waals surface area contributed by atoms with E-state index in [2.05, 4.69) is 36.5 Å². The Hall–Kier alpha value is -4.17. The van der Waals surface area contributed by atoms with Crippen LogP contribution in [0.3, 0.4) is 0 Å². The van der Waals surface area contributed by atoms with Crippen LogP contribution in [0.4, 0.5) is 16.2 Å². The molecule has 0 bridgehead atoms. The molecule has 2 aromatic carbocycles. The van der Waals surface area contributed by atoms with E-state index >= 15 is 0 Å². The van der Waals surface area contributed by atoms with Crippen LogP contribution in [-0.4, -0.2) is 26.0 Å². The van der Waals surface area contributed by atoms with Gasteiger partial charge in [-0.15, -0.1) is 0 Å². The molecule has 8 heteroatoms. The summed E-state index contributed by atoms with van der Waals surface area (Å²) in [5, 5.41) is 5.65. The number of fused-ring (bicyclic) bond motifs is 1. The maximum absolute atomic E-state index is 12.4. The molecule has 0 spiro atoms. The molecule has 0 saturated carbocycles. The molecule has 0 atom stereocenters. The van der Waals surface area contributed by atoms with E-state index in [1.165, 1.54) is 0 Å². The third-order valence-electron chi connectivity index (χ3n) is 4.84. The Bertz CT molecular complexity index is 1430. The minimum atomic E-state index is -0.348. The van der Waals surface area contributed by atoms with E-state index in [-0.39, 0.29) is 6.03 Å². The Labute approximate surface area is 198 Å². The first-order valence-corrected chi connectivity index (χ1v) is 10.9. The number of benzene rings is 2. The van der Waals surface area contributed by atoms with Crippen molar-refractivity contribution in [3.63, 3.8) is 0 Å². The van der Waals surface area contributed by atoms with E-state index in [0.717, 1.165) is 4.47 Å². The second kappa shape index (κ2) is 9.13. The van der Waals surface area contributed by atoms with E-state index < -0.39 is 0 Å². The summed E-state index contributed by atoms with van der Waals surface area (Å²) in [5.74, 6) is 0. The Morgan fingerprint density at radius 2 is 1.24 bits per heavy atom. The molecule has 0 radical (unpaired) electrons. The van der Waals surface area contributed by atoms with Crippen LogP contribution >= 0.6 is 15.9 Å². The zero-order valence-corrected chi connectivity index (χ0v) is 18.8. The van der Waals surface area contributed by atoms with Gasteiger partial charge in [-0.25, -0.2) is 14.8 Å². The second-order valence-electron chi connectivity index (χ2n) is 7.14. The van der Waals surface area contributed by atoms with Crippen molar-refractivity contribution in [3.05, 3.63) is 95.7 Å². The Morgan fingerprint density at radius 3 is 1.85 bits per heavy atom. The van der Waals surface area contributed by atoms with Gasteiger partial charge < -0.3 is 10.6 Å². The first-order chi connectivity index (χ1) is 16.2. The van der Waals surface area contributed by atoms with Gasteiger partial charge in [0.25, 0.3) is 0 Å². The van der Waals surface area contributed by atoms with Crippen molar-refractivity contribution in [2.45, 2.75) is 0 Å². The molecule has 0 aliphatic rings. The molecular formula is C25H17BrN6O. The summed E-state index contributed by atoms with van der Waals surface area (Å²) < 4.78 is 0.940. The van der Waals surface area contributed by atoms with Gasteiger partial charge in [-0.3, -0.25) is 9.97 Å². The highest BCUT2D eigenvalue weighted by atomic mass is 79.9. The highest BCUT2D eigenvalue weighted by Gasteiger charge is 2.15. The number of nitrogens with zero attached hydrogens (tertiary/aromatic N) is 4. The van der Waals surface area contributed by atoms with Crippen LogP contribution in [0.15, 0.2) is 95.7 Å². The van der Waals surface area contributed by atoms with Gasteiger partial charge in [0, 0.05) is 28.2 Å². The standard InChI is InChI=1S/C25H17BrN6O/c26-16-7-9-17(10-8-16)29-25(33)30-18-11-12-19-22(15-18)32-24(21-6-2-4-14-28-21)23(31-19)20-5-1-3-13-27-20/h1-15H,(H2,29,30,33). The lowest BCUT2D eigenvalue weighted by atomic mass is 10.1. The predicted octanol–water partition coefficient (Wildman–Crippen LogP) is 6.16. The van der Waals surface area contributed by atoms with Crippen molar-refractivity contribution in [2.75, 3.05) is 10.6 Å². The fraction of sp³-hybridized carbons (Fsp3) is 0. The van der Waals surface area contributed by atoms with Crippen LogP contribution < -0.4 is 10.6 Å². The second-order valence-corrected chi connectivity index (χ2v) is 8.06. The molecule has 2 amide bonds. The van der Waals surface area contributed by atoms with Crippen LogP contribution in [-0.2, 0) is 0 Å². The molecule has 2 N–H and O–H groups in total. The average Bonchev–Trinajstić information content (AvgIpc) is 2.85. The maximum atomic E-state index is 12.4. The molecule has 0 aliphatic carbocycles. The van der Waals surface area contributed by atoms with E-state index in [1.807, 2.05) is 66.7 Å². The third-order valence-corrected chi connectivity index (χ3v) is 5.37. The molecule has 0 unspecified atom stereocenters. The predicted molar refractivity (Wildman–Crippen MR) is 133 cm³/mol. The molecule has 0 fully saturated rings. The zero-order chi connectivity index (χ0) is 22.6. The van der Waals surface area contributed by atoms with Crippen molar-refractivity contribution in [2.24, 2.45) is 0 Å². The first kappa shape index (κ1) is 20.7. The SMILES string of the molecule is O=C(Nc1ccc(Br)cc1)Nc1ccc2nc(-c3ccccn3)c(-c3ccccn3)nc2c1. The van der Waals surface area contributed by atoms with Crippen LogP contribution in [0.2, 0.25) is 0 Å². The summed E-state index contributed by atoms with van der Waals surface area (Å²) >= 11 is 3.38. The molecule has 5 aromatic rings. The Morgan fingerprint density at radius 1 is 0.667 bits per heavy atom. The van der Waals surface area contributed by atoms with Gasteiger partial charge in [0.15, 0.2) is 0 Å². The van der Waals surface area contributed by atoms with Gasteiger partial charge in [0.05, 0.1) is 22.4 Å². The summed E-state index contributed by atoms with van der Waals surface area (Å²) in [6.45, 7) is 0. The van der Waals surface area contributed by atoms with Crippen LogP contribution in [0, 0.1) is 0 Å². The van der Waals surface area contributed by atoms with E-state index in [9.17, 15) is 4.79 Å². The first-order valence-electron chi connectivity index (χ1n) is 10.1. The van der Waals surface area contributed by atoms with Crippen molar-refractivity contribution >= 4 is 44.4 Å². The molecule has 7 nitrogen and oxygen atoms in total. The minimum absolute atomic E-state index is 0.348. The normalized spacial score (nSPS) is 10.7. The molecule has 160 valence electrons. The fourth-order valence-corrected chi connectivity index (χ4v) is 3.59. The number of urea groups is 1. The summed E-state index contributed by atoms with van der Waals surface area (Å²) in [6.07, 6.45) is 3.44. The highest BCUT2D eigenvalue weighted by molar-refractivity contribution is 9.10. The van der Waals surface area contributed by atoms with Gasteiger partial charge in [-0.05, 0) is 66.7 Å². The molecule has 0 aliphatic heterocycles. The van der Waals surface area contributed by atoms with Crippen molar-refractivity contribution in [1.82, 2.24) is 19.9 Å². The van der Waals surface area contributed by atoms with Crippen LogP contribution in [0.5, 0.6) is 0 Å². The maximum Gasteiger partial charge on any atom is 0.323 e. The number of rotatable bonds is 4. The number of carbonyl (C=O) groups excluding carboxylic acids is 1. The lowest BCUT2D eigenvalue weighted by Gasteiger charge is -2.11. The van der Waals surface area contributed by atoms with E-state index in [0.29, 0.717) is 45.2 Å². The quantitative estimate of drug-likeness (QED) is 0.310. The van der Waals surface area contributed by atoms with Crippen molar-refractivity contribution in [1.29, 1.82) is 0 Å². The number of amides is 2. The van der Waals surface area contributed by atoms with Crippen LogP contribution in [0.25, 0.3) is 33.8 Å². The van der Waals surface area contributed by atoms with Crippen LogP contribution in [0.1, 0.15) is 0 Å². The number of anilines is 2. The third kappa shape index (κ3) is 4.70. The molecular weight excluding hydrogens is 480 g/mol. The fourth-order valence-electron chi connectivity index (χ4n) is 3.32. The summed E-state index contributed by atoms with van der Waals surface area (Å²) in [7, 11) is 0. The number of aromatic nitrogens is 4. The summed E-state index contributed by atoms with van der Waals surface area (Å²) in [5.41, 5.74) is 5.29. The highest BCUT2D eigenvalue weighted by Crippen LogP contribution is 2.29. The van der Waals surface area contributed by atoms with Gasteiger partial charge in [-0.1, -0.05) is 28.1 Å². The molecule has 33 heavy (non-hydrogen) atoms. The zero-order valence-electron chi connectivity index (χ0n) is 17.2. The van der Waals surface area contributed by atoms with Gasteiger partial charge in [0.2, 0.25) is 0 Å². The van der Waals surface area contributed by atoms with Crippen molar-refractivity contribution in [3.8, 4) is 22.8 Å². The number of halogens is 1. The number of nitrogens with one attached hydrogen (secondary N) is 2. The number of hydrogen-bond acceptors (Lipinski definition) is 5. The van der Waals surface area contributed by atoms with E-state index in [1.54, 1.807) is 24.5 Å². The summed E-state index contributed by atoms with van der Waals surface area (Å²) in [4.78, 5) is 31.0. The smallest absolute Gasteiger partial charge is 0.308 e. The molecule has 3 heterocycles. The van der Waals surface area contributed by atoms with Crippen molar-refractivity contribution < 1.29 is 4.79 Å². The van der Waals surface area contributed by atoms with Gasteiger partial charge >= 0.3 is 6.03 Å². The molecule has 3 aromatic heterocycles. The monoisotopic (exact) mass is 496 g/mol. The average molecular weight is 497 g/mol.